The summed E-state index contributed by atoms with van der Waals surface area (Å²) >= 11 is 1.56. The highest BCUT2D eigenvalue weighted by atomic mass is 32.1. The molecule has 3 aliphatic rings. The first-order valence-electron chi connectivity index (χ1n) is 28.7. The number of alkyl halides is 3. The minimum Gasteiger partial charge on any atom is -0.391 e. The third kappa shape index (κ3) is 15.6. The van der Waals surface area contributed by atoms with Crippen molar-refractivity contribution in [2.45, 2.75) is 142 Å². The third-order valence-electron chi connectivity index (χ3n) is 16.2. The largest absolute Gasteiger partial charge is 0.417 e. The van der Waals surface area contributed by atoms with Crippen molar-refractivity contribution >= 4 is 58.2 Å². The van der Waals surface area contributed by atoms with E-state index in [1.165, 1.54) is 29.4 Å². The van der Waals surface area contributed by atoms with Crippen LogP contribution in [0, 0.1) is 24.0 Å². The van der Waals surface area contributed by atoms with Crippen LogP contribution in [0.4, 0.5) is 39.3 Å². The maximum absolute atomic E-state index is 16.2. The van der Waals surface area contributed by atoms with Crippen molar-refractivity contribution in [3.05, 3.63) is 107 Å². The fraction of sp³-hybridized carbons (Fsp3) is 0.508. The Kier molecular flexibility index (Phi) is 20.4. The molecule has 0 saturated carbocycles. The van der Waals surface area contributed by atoms with E-state index in [0.29, 0.717) is 64.5 Å². The molecule has 3 aliphatic heterocycles. The molecule has 3 aromatic carbocycles. The number of hydrogen-bond donors (Lipinski definition) is 4. The predicted octanol–water partition coefficient (Wildman–Crippen LogP) is 9.23. The van der Waals surface area contributed by atoms with Gasteiger partial charge in [-0.3, -0.25) is 28.9 Å². The number of nitrogens with one attached hydrogen (secondary N) is 3. The first-order chi connectivity index (χ1) is 39.9. The molecule has 452 valence electrons. The summed E-state index contributed by atoms with van der Waals surface area (Å²) in [6.07, 6.45) is 2.38. The molecule has 0 radical (unpaired) electrons. The lowest BCUT2D eigenvalue weighted by molar-refractivity contribution is -0.144. The lowest BCUT2D eigenvalue weighted by atomic mass is 9.85. The number of likely N-dealkylation sites (N-methyl/N-ethyl adjacent to an activating group) is 1. The lowest BCUT2D eigenvalue weighted by Crippen LogP contribution is -2.57. The Bertz CT molecular complexity index is 3120. The van der Waals surface area contributed by atoms with Gasteiger partial charge in [0, 0.05) is 107 Å². The van der Waals surface area contributed by atoms with Crippen LogP contribution in [0.25, 0.3) is 21.6 Å². The monoisotopic (exact) mass is 1190 g/mol. The number of likely N-dealkylation sites (tertiary alicyclic amines) is 1. The van der Waals surface area contributed by atoms with Crippen molar-refractivity contribution in [3.63, 3.8) is 0 Å². The number of amides is 5. The summed E-state index contributed by atoms with van der Waals surface area (Å²) < 4.78 is 72.1. The summed E-state index contributed by atoms with van der Waals surface area (Å²) in [7, 11) is 1.96. The fourth-order valence-corrected chi connectivity index (χ4v) is 11.9. The number of thiazole rings is 1. The third-order valence-corrected chi connectivity index (χ3v) is 17.2. The number of aliphatic hydroxyl groups is 1. The van der Waals surface area contributed by atoms with Crippen LogP contribution in [0.3, 0.4) is 0 Å². The van der Waals surface area contributed by atoms with E-state index in [-0.39, 0.29) is 84.3 Å². The number of carbonyl (C=O) groups is 5. The van der Waals surface area contributed by atoms with Gasteiger partial charge in [-0.2, -0.15) is 13.2 Å². The van der Waals surface area contributed by atoms with Gasteiger partial charge in [0.25, 0.3) is 5.91 Å². The van der Waals surface area contributed by atoms with Gasteiger partial charge in [-0.05, 0) is 87.5 Å². The molecule has 5 aromatic rings. The lowest BCUT2D eigenvalue weighted by Gasteiger charge is -2.44. The van der Waals surface area contributed by atoms with Gasteiger partial charge in [-0.15, -0.1) is 11.3 Å². The van der Waals surface area contributed by atoms with Crippen molar-refractivity contribution in [2.24, 2.45) is 5.41 Å². The molecule has 5 heterocycles. The van der Waals surface area contributed by atoms with E-state index in [9.17, 15) is 46.6 Å². The number of unbranched alkanes of at least 4 members (excludes halogenated alkanes) is 5. The fourth-order valence-electron chi connectivity index (χ4n) is 11.1. The minimum atomic E-state index is -5.02. The van der Waals surface area contributed by atoms with Crippen molar-refractivity contribution in [2.75, 3.05) is 68.0 Å². The van der Waals surface area contributed by atoms with E-state index in [4.69, 9.17) is 0 Å². The number of aryl methyl sites for hydroxylation is 1. The summed E-state index contributed by atoms with van der Waals surface area (Å²) in [5.74, 6) is -3.60. The number of aliphatic hydroxyl groups excluding tert-OH is 1. The van der Waals surface area contributed by atoms with Crippen LogP contribution in [0.1, 0.15) is 120 Å². The van der Waals surface area contributed by atoms with Gasteiger partial charge < -0.3 is 40.7 Å². The molecular formula is C61H76F5N11O6S. The van der Waals surface area contributed by atoms with Crippen molar-refractivity contribution in [1.82, 2.24) is 40.3 Å². The molecule has 3 fully saturated rings. The Morgan fingerprint density at radius 2 is 1.43 bits per heavy atom. The summed E-state index contributed by atoms with van der Waals surface area (Å²) in [5.41, 5.74) is 2.35. The second-order valence-corrected chi connectivity index (χ2v) is 24.3. The van der Waals surface area contributed by atoms with Crippen LogP contribution < -0.4 is 25.8 Å². The van der Waals surface area contributed by atoms with Crippen LogP contribution in [0.5, 0.6) is 0 Å². The summed E-state index contributed by atoms with van der Waals surface area (Å²) in [4.78, 5) is 91.2. The summed E-state index contributed by atoms with van der Waals surface area (Å²) in [5, 5.41) is 19.1. The Morgan fingerprint density at radius 3 is 2.05 bits per heavy atom. The number of rotatable bonds is 20. The number of carbonyl (C=O) groups excluding carboxylic acids is 5. The highest BCUT2D eigenvalue weighted by molar-refractivity contribution is 7.13. The molecule has 17 nitrogen and oxygen atoms in total. The normalized spacial score (nSPS) is 19.1. The number of hydrogen-bond acceptors (Lipinski definition) is 13. The number of benzene rings is 3. The van der Waals surface area contributed by atoms with Gasteiger partial charge >= 0.3 is 6.18 Å². The van der Waals surface area contributed by atoms with E-state index >= 15 is 4.39 Å². The Hall–Kier alpha value is -7.11. The summed E-state index contributed by atoms with van der Waals surface area (Å²) in [6, 6.07) is 10.5. The van der Waals surface area contributed by atoms with Crippen LogP contribution >= 0.6 is 11.3 Å². The Labute approximate surface area is 491 Å². The van der Waals surface area contributed by atoms with Crippen LogP contribution in [-0.2, 0) is 31.9 Å². The quantitative estimate of drug-likeness (QED) is 0.0427. The summed E-state index contributed by atoms with van der Waals surface area (Å²) in [6.45, 7) is 14.4. The number of anilines is 3. The molecular weight excluding hydrogens is 1110 g/mol. The molecule has 5 atom stereocenters. The zero-order valence-corrected chi connectivity index (χ0v) is 49.5. The number of β-amino-alcohol motifs (C(OH)–C–C–N with tert-alkyl or cyclic N) is 1. The van der Waals surface area contributed by atoms with Gasteiger partial charge in [0.1, 0.15) is 23.7 Å². The minimum absolute atomic E-state index is 0.000760. The smallest absolute Gasteiger partial charge is 0.391 e. The van der Waals surface area contributed by atoms with Gasteiger partial charge in [-0.25, -0.2) is 23.7 Å². The molecule has 23 heteroatoms. The average molecular weight is 1190 g/mol. The van der Waals surface area contributed by atoms with Gasteiger partial charge in [-0.1, -0.05) is 70.7 Å². The molecule has 3 saturated heterocycles. The first kappa shape index (κ1) is 62.9. The molecule has 0 unspecified atom stereocenters. The molecule has 4 N–H and O–H groups in total. The van der Waals surface area contributed by atoms with Crippen molar-refractivity contribution in [3.8, 4) is 21.6 Å². The van der Waals surface area contributed by atoms with E-state index in [1.807, 2.05) is 87.6 Å². The Morgan fingerprint density at radius 1 is 0.786 bits per heavy atom. The van der Waals surface area contributed by atoms with E-state index in [1.54, 1.807) is 16.8 Å². The molecule has 0 spiro atoms. The second-order valence-electron chi connectivity index (χ2n) is 23.5. The van der Waals surface area contributed by atoms with Gasteiger partial charge in [0.15, 0.2) is 0 Å². The van der Waals surface area contributed by atoms with Crippen LogP contribution in [-0.4, -0.2) is 147 Å². The van der Waals surface area contributed by atoms with Crippen molar-refractivity contribution < 1.29 is 51.0 Å². The number of nitrogens with zero attached hydrogens (tertiary/aromatic N) is 8. The zero-order chi connectivity index (χ0) is 60.6. The maximum Gasteiger partial charge on any atom is 0.417 e. The van der Waals surface area contributed by atoms with Gasteiger partial charge in [0.2, 0.25) is 29.6 Å². The first-order valence-corrected chi connectivity index (χ1v) is 29.6. The highest BCUT2D eigenvalue weighted by Crippen LogP contribution is 2.38. The zero-order valence-electron chi connectivity index (χ0n) is 48.7. The molecule has 8 rings (SSSR count). The van der Waals surface area contributed by atoms with Crippen LogP contribution in [0.15, 0.2) is 72.5 Å². The molecule has 0 bridgehead atoms. The van der Waals surface area contributed by atoms with Crippen molar-refractivity contribution in [1.29, 1.82) is 0 Å². The molecule has 5 amide bonds. The number of halogens is 5. The van der Waals surface area contributed by atoms with Crippen LogP contribution in [0.2, 0.25) is 0 Å². The van der Waals surface area contributed by atoms with E-state index in [2.05, 4.69) is 35.8 Å². The predicted molar refractivity (Wildman–Crippen MR) is 313 cm³/mol. The number of piperazine rings is 2. The van der Waals surface area contributed by atoms with Gasteiger partial charge in [0.05, 0.1) is 44.7 Å². The van der Waals surface area contributed by atoms with E-state index < -0.39 is 64.4 Å². The molecule has 0 aliphatic carbocycles. The standard InChI is InChI=1S/C61H76F5N11O6S/c1-37-33-76(34-38(2)73(37)7)50-29-48(63)46(28-49(50)71-56(81)45-21-20-43(62)26-47(45)61(64,65)66)42-31-68-59(69-32-42)75-24-22-74(23-25-75)53(80)15-13-11-9-8-10-12-14-52(79)72-55(60(4,5)6)58(83)77-35-44(78)27-51(77)57(82)67-30-40-16-18-41(19-17-40)54-39(3)70-36-84-54/h16-21,26,28-29,31-32,36-38,44,51,55,78H,8-15,22-25,27,30,33-35H2,1-7H3,(H,67,82)(H,71,81)(H,72,79)/t37-,38+,44-,51+,55-/m1/s1. The van der Waals surface area contributed by atoms with E-state index in [0.717, 1.165) is 59.5 Å². The molecule has 84 heavy (non-hydrogen) atoms. The average Bonchev–Trinajstić information content (AvgIpc) is 4.16. The second kappa shape index (κ2) is 27.3. The highest BCUT2D eigenvalue weighted by Gasteiger charge is 2.45. The number of aromatic nitrogens is 3. The SMILES string of the molecule is Cc1ncsc1-c1ccc(CNC(=O)[C@@H]2C[C@@H](O)CN2C(=O)[C@@H](NC(=O)CCCCCCCCC(=O)N2CCN(c3ncc(-c4cc(NC(=O)c5ccc(F)cc5C(F)(F)F)c(N5C[C@@H](C)N(C)[C@@H](C)C5)cc4F)cn3)CC2)C(C)(C)C)cc1. The maximum atomic E-state index is 16.2. The molecule has 2 aromatic heterocycles. The topological polar surface area (TPSA) is 197 Å². The Balaban J connectivity index is 0.759.